The summed E-state index contributed by atoms with van der Waals surface area (Å²) in [6.45, 7) is 12.8. The fourth-order valence-corrected chi connectivity index (χ4v) is 1.99. The number of hydrogen-bond donors (Lipinski definition) is 0. The zero-order valence-corrected chi connectivity index (χ0v) is 19.8. The monoisotopic (exact) mass is 392 g/mol. The van der Waals surface area contributed by atoms with Crippen LogP contribution in [-0.4, -0.2) is 7.63 Å². The quantitative estimate of drug-likeness (QED) is 0.349. The van der Waals surface area contributed by atoms with Crippen molar-refractivity contribution >= 4 is 26.2 Å². The van der Waals surface area contributed by atoms with Crippen LogP contribution in [0.5, 0.6) is 0 Å². The molecule has 0 aromatic heterocycles. The van der Waals surface area contributed by atoms with E-state index >= 15 is 0 Å². The van der Waals surface area contributed by atoms with Crippen LogP contribution in [0, 0.1) is 38.8 Å². The molecule has 0 bridgehead atoms. The van der Waals surface area contributed by atoms with Crippen molar-refractivity contribution in [2.24, 2.45) is 11.8 Å². The number of allylic oxidation sites excluding steroid dienone is 8. The van der Waals surface area contributed by atoms with Gasteiger partial charge in [0.25, 0.3) is 0 Å². The van der Waals surface area contributed by atoms with Crippen LogP contribution in [0.1, 0.15) is 41.5 Å². The summed E-state index contributed by atoms with van der Waals surface area (Å²) >= 11 is -1.36. The molecule has 2 aliphatic carbocycles. The third-order valence-corrected chi connectivity index (χ3v) is 3.07. The summed E-state index contributed by atoms with van der Waals surface area (Å²) in [5.41, 5.74) is 5.41. The van der Waals surface area contributed by atoms with Crippen molar-refractivity contribution in [1.29, 1.82) is 0 Å². The average Bonchev–Trinajstić information content (AvgIpc) is 2.70. The first-order valence-electron chi connectivity index (χ1n) is 6.71. The number of rotatable bonds is 0. The number of halogens is 2. The minimum absolute atomic E-state index is 0. The van der Waals surface area contributed by atoms with E-state index in [2.05, 4.69) is 65.8 Å². The van der Waals surface area contributed by atoms with Crippen molar-refractivity contribution in [3.8, 4) is 0 Å². The van der Waals surface area contributed by atoms with Gasteiger partial charge < -0.3 is 14.9 Å². The van der Waals surface area contributed by atoms with Crippen molar-refractivity contribution in [1.82, 2.24) is 0 Å². The van der Waals surface area contributed by atoms with Gasteiger partial charge in [0.2, 0.25) is 0 Å². The van der Waals surface area contributed by atoms with E-state index in [9.17, 15) is 0 Å². The molecule has 0 aromatic rings. The van der Waals surface area contributed by atoms with Gasteiger partial charge in [0.05, 0.1) is 0 Å². The predicted octanol–water partition coefficient (Wildman–Crippen LogP) is 6.02. The third kappa shape index (κ3) is 13.0. The normalized spacial score (nSPS) is 21.3. The summed E-state index contributed by atoms with van der Waals surface area (Å²) in [5, 5.41) is 0. The molecule has 128 valence electrons. The Morgan fingerprint density at radius 2 is 1.09 bits per heavy atom. The molecule has 0 amide bonds. The first kappa shape index (κ1) is 27.3. The summed E-state index contributed by atoms with van der Waals surface area (Å²) in [6.07, 6.45) is 11.0. The van der Waals surface area contributed by atoms with Gasteiger partial charge in [-0.25, -0.2) is 22.3 Å². The summed E-state index contributed by atoms with van der Waals surface area (Å²) in [7, 11) is 12.1. The second kappa shape index (κ2) is 13.9. The van der Waals surface area contributed by atoms with Gasteiger partial charge in [-0.3, -0.25) is 12.2 Å². The fourth-order valence-electron chi connectivity index (χ4n) is 1.99. The molecule has 0 saturated heterocycles. The van der Waals surface area contributed by atoms with Crippen molar-refractivity contribution in [2.75, 3.05) is 0 Å². The Balaban J connectivity index is -0.000000249. The predicted molar refractivity (Wildman–Crippen MR) is 104 cm³/mol. The number of hydrogen-bond acceptors (Lipinski definition) is 0. The molecule has 0 radical (unpaired) electrons. The Hall–Kier alpha value is 0.471. The Morgan fingerprint density at radius 3 is 1.14 bits per heavy atom. The standard InChI is InChI=1S/2C8H11.2CH3.2ClH.H2Si.Ti/c2*1-6-4-7(2)8(3)5-6;;;;;;/h2*4,6H,1-3H3;2*1H3;2*1H;1H2;/q4*-1;;;;+2/p-2. The summed E-state index contributed by atoms with van der Waals surface area (Å²) in [4.78, 5) is 0. The SMILES string of the molecule is CC1=[C-]C(C)C=C1C.CC1=[C-]C(C)C=C1C.[CH3-].[CH3-].[SiH2]=[Ti]([Cl])[Cl]. The van der Waals surface area contributed by atoms with E-state index in [0.29, 0.717) is 11.8 Å². The van der Waals surface area contributed by atoms with E-state index < -0.39 is 14.5 Å². The fraction of sp³-hybridized carbons (Fsp3) is 0.444. The van der Waals surface area contributed by atoms with E-state index in [1.165, 1.54) is 22.3 Å². The topological polar surface area (TPSA) is 0 Å². The van der Waals surface area contributed by atoms with Gasteiger partial charge in [0.15, 0.2) is 0 Å². The molecule has 0 aromatic carbocycles. The molecule has 0 saturated carbocycles. The minimum atomic E-state index is -1.36. The molecule has 2 atom stereocenters. The zero-order chi connectivity index (χ0) is 15.9. The molecule has 2 unspecified atom stereocenters. The first-order chi connectivity index (χ1) is 9.13. The van der Waals surface area contributed by atoms with E-state index in [-0.39, 0.29) is 14.9 Å². The van der Waals surface area contributed by atoms with Gasteiger partial charge >= 0.3 is 40.7 Å². The van der Waals surface area contributed by atoms with Crippen LogP contribution in [0.3, 0.4) is 0 Å². The first-order valence-corrected chi connectivity index (χ1v) is 15.0. The Labute approximate surface area is 155 Å². The molecular weight excluding hydrogens is 363 g/mol. The van der Waals surface area contributed by atoms with Crippen LogP contribution in [0.25, 0.3) is 0 Å². The Kier molecular flexibility index (Phi) is 17.2. The van der Waals surface area contributed by atoms with E-state index in [1.54, 1.807) is 7.63 Å². The van der Waals surface area contributed by atoms with Gasteiger partial charge in [-0.1, -0.05) is 39.5 Å². The molecule has 0 fully saturated rings. The van der Waals surface area contributed by atoms with Gasteiger partial charge in [0.1, 0.15) is 0 Å². The Morgan fingerprint density at radius 1 is 0.864 bits per heavy atom. The van der Waals surface area contributed by atoms with Crippen LogP contribution in [0.4, 0.5) is 0 Å². The average molecular weight is 393 g/mol. The van der Waals surface area contributed by atoms with Crippen molar-refractivity contribution in [3.63, 3.8) is 0 Å². The molecular formula is C18H30Cl2SiTi-4. The Bertz CT molecular complexity index is 395. The summed E-state index contributed by atoms with van der Waals surface area (Å²) < 4.78 is 0. The van der Waals surface area contributed by atoms with E-state index in [0.717, 1.165) is 0 Å². The van der Waals surface area contributed by atoms with Crippen LogP contribution in [0.15, 0.2) is 34.4 Å². The molecule has 2 aliphatic rings. The van der Waals surface area contributed by atoms with Gasteiger partial charge in [-0.05, 0) is 0 Å². The summed E-state index contributed by atoms with van der Waals surface area (Å²) in [5.74, 6) is 1.10. The third-order valence-electron chi connectivity index (χ3n) is 3.07. The van der Waals surface area contributed by atoms with Crippen molar-refractivity contribution in [2.45, 2.75) is 41.5 Å². The van der Waals surface area contributed by atoms with Crippen molar-refractivity contribution in [3.05, 3.63) is 61.4 Å². The zero-order valence-electron chi connectivity index (χ0n) is 15.3. The van der Waals surface area contributed by atoms with Crippen LogP contribution in [0.2, 0.25) is 0 Å². The van der Waals surface area contributed by atoms with Crippen LogP contribution in [-0.2, 0) is 14.5 Å². The molecule has 0 spiro atoms. The molecule has 0 nitrogen and oxygen atoms in total. The molecule has 2 rings (SSSR count). The second-order valence-corrected chi connectivity index (χ2v) is 17.4. The summed E-state index contributed by atoms with van der Waals surface area (Å²) in [6, 6.07) is 0. The second-order valence-electron chi connectivity index (χ2n) is 5.15. The maximum atomic E-state index is 5.22. The van der Waals surface area contributed by atoms with Gasteiger partial charge in [-0.15, -0.1) is 13.8 Å². The van der Waals surface area contributed by atoms with E-state index in [4.69, 9.17) is 18.6 Å². The van der Waals surface area contributed by atoms with Crippen molar-refractivity contribution < 1.29 is 14.5 Å². The molecule has 0 N–H and O–H groups in total. The maximum absolute atomic E-state index is 5.22. The van der Waals surface area contributed by atoms with Crippen LogP contribution >= 0.6 is 18.6 Å². The molecule has 0 aliphatic heterocycles. The molecule has 0 heterocycles. The van der Waals surface area contributed by atoms with Gasteiger partial charge in [-0.2, -0.15) is 12.2 Å². The molecule has 4 heteroatoms. The van der Waals surface area contributed by atoms with E-state index in [1.807, 2.05) is 0 Å². The van der Waals surface area contributed by atoms with Crippen LogP contribution < -0.4 is 0 Å². The van der Waals surface area contributed by atoms with Gasteiger partial charge in [0, 0.05) is 0 Å². The molecule has 22 heavy (non-hydrogen) atoms.